The molecule has 2 unspecified atom stereocenters. The van der Waals surface area contributed by atoms with Crippen LogP contribution in [-0.4, -0.2) is 46.5 Å². The molecule has 1 amide bonds. The molecule has 3 rings (SSSR count). The van der Waals surface area contributed by atoms with E-state index >= 15 is 0 Å². The van der Waals surface area contributed by atoms with Crippen LogP contribution >= 0.6 is 0 Å². The molecule has 1 aromatic carbocycles. The fraction of sp³-hybridized carbons (Fsp3) is 0.619. The normalized spacial score (nSPS) is 24.8. The Kier molecular flexibility index (Phi) is 5.10. The zero-order valence-electron chi connectivity index (χ0n) is 17.0. The highest BCUT2D eigenvalue weighted by molar-refractivity contribution is 5.86. The Morgan fingerprint density at radius 2 is 2.00 bits per heavy atom. The van der Waals surface area contributed by atoms with Gasteiger partial charge in [0.1, 0.15) is 11.5 Å². The number of amidine groups is 1. The highest BCUT2D eigenvalue weighted by atomic mass is 16.5. The number of carbonyl (C=O) groups is 1. The quantitative estimate of drug-likeness (QED) is 0.549. The number of fused-ring (bicyclic) bond motifs is 1. The summed E-state index contributed by atoms with van der Waals surface area (Å²) in [6.07, 6.45) is 3.18. The monoisotopic (exact) mass is 373 g/mol. The van der Waals surface area contributed by atoms with Gasteiger partial charge in [0.25, 0.3) is 5.91 Å². The van der Waals surface area contributed by atoms with Crippen LogP contribution in [0.2, 0.25) is 0 Å². The lowest BCUT2D eigenvalue weighted by Crippen LogP contribution is -2.57. The van der Waals surface area contributed by atoms with Crippen molar-refractivity contribution < 1.29 is 14.6 Å². The van der Waals surface area contributed by atoms with Crippen LogP contribution in [-0.2, 0) is 11.2 Å². The van der Waals surface area contributed by atoms with Gasteiger partial charge in [-0.1, -0.05) is 0 Å². The number of nitrogens with zero attached hydrogens (tertiary/aromatic N) is 1. The maximum Gasteiger partial charge on any atom is 0.264 e. The van der Waals surface area contributed by atoms with Gasteiger partial charge in [-0.3, -0.25) is 10.2 Å². The molecular weight excluding hydrogens is 342 g/mol. The van der Waals surface area contributed by atoms with Crippen LogP contribution in [0.1, 0.15) is 55.4 Å². The molecule has 0 radical (unpaired) electrons. The summed E-state index contributed by atoms with van der Waals surface area (Å²) in [6.45, 7) is 10.9. The van der Waals surface area contributed by atoms with Crippen molar-refractivity contribution in [3.05, 3.63) is 22.3 Å². The van der Waals surface area contributed by atoms with Gasteiger partial charge in [0.2, 0.25) is 0 Å². The van der Waals surface area contributed by atoms with E-state index in [1.807, 2.05) is 32.6 Å². The number of hydrogen-bond donors (Lipinski definition) is 3. The van der Waals surface area contributed by atoms with Gasteiger partial charge in [-0.2, -0.15) is 0 Å². The van der Waals surface area contributed by atoms with Crippen molar-refractivity contribution in [2.75, 3.05) is 13.1 Å². The smallest absolute Gasteiger partial charge is 0.264 e. The molecule has 1 fully saturated rings. The Balaban J connectivity index is 1.78. The SMILES string of the molecule is CC(=N)N1CCCC(NC(=O)C2(C)CCc3c(C)c(O)c(C)c(C)c3O2)C1. The van der Waals surface area contributed by atoms with Crippen molar-refractivity contribution in [2.24, 2.45) is 0 Å². The molecule has 3 N–H and O–H groups in total. The second-order valence-electron chi connectivity index (χ2n) is 8.21. The summed E-state index contributed by atoms with van der Waals surface area (Å²) >= 11 is 0. The number of amides is 1. The molecule has 1 aromatic rings. The number of nitrogens with one attached hydrogen (secondary N) is 2. The molecule has 27 heavy (non-hydrogen) atoms. The van der Waals surface area contributed by atoms with Crippen LogP contribution in [0.25, 0.3) is 0 Å². The third-order valence-corrected chi connectivity index (χ3v) is 6.23. The van der Waals surface area contributed by atoms with E-state index in [1.54, 1.807) is 6.92 Å². The standard InChI is InChI=1S/C21H31N3O3/c1-12-13(2)19-17(14(3)18(12)25)8-9-21(5,27-19)20(26)23-16-7-6-10-24(11-16)15(4)22/h16,22,25H,6-11H2,1-5H3,(H,23,26). The Labute approximate surface area is 161 Å². The number of phenolic OH excluding ortho intramolecular Hbond substituents is 1. The lowest BCUT2D eigenvalue weighted by Gasteiger charge is -2.39. The number of aromatic hydroxyl groups is 1. The summed E-state index contributed by atoms with van der Waals surface area (Å²) in [5, 5.41) is 21.3. The van der Waals surface area contributed by atoms with Gasteiger partial charge >= 0.3 is 0 Å². The summed E-state index contributed by atoms with van der Waals surface area (Å²) in [5.74, 6) is 1.52. The zero-order chi connectivity index (χ0) is 19.9. The van der Waals surface area contributed by atoms with E-state index in [2.05, 4.69) is 5.32 Å². The molecule has 0 spiro atoms. The predicted molar refractivity (Wildman–Crippen MR) is 106 cm³/mol. The maximum absolute atomic E-state index is 13.1. The van der Waals surface area contributed by atoms with Crippen LogP contribution in [0.4, 0.5) is 0 Å². The minimum Gasteiger partial charge on any atom is -0.507 e. The second-order valence-corrected chi connectivity index (χ2v) is 8.21. The molecule has 0 saturated carbocycles. The van der Waals surface area contributed by atoms with Crippen LogP contribution in [0, 0.1) is 26.2 Å². The fourth-order valence-electron chi connectivity index (χ4n) is 4.15. The predicted octanol–water partition coefficient (Wildman–Crippen LogP) is 2.98. The number of rotatable bonds is 2. The first-order valence-electron chi connectivity index (χ1n) is 9.75. The molecule has 2 aliphatic heterocycles. The highest BCUT2D eigenvalue weighted by Gasteiger charge is 2.41. The minimum absolute atomic E-state index is 0.0396. The average Bonchev–Trinajstić information content (AvgIpc) is 2.64. The number of piperidine rings is 1. The summed E-state index contributed by atoms with van der Waals surface area (Å²) in [5.41, 5.74) is 2.63. The third kappa shape index (κ3) is 3.49. The van der Waals surface area contributed by atoms with E-state index < -0.39 is 5.60 Å². The molecule has 0 bridgehead atoms. The largest absolute Gasteiger partial charge is 0.507 e. The molecule has 6 nitrogen and oxygen atoms in total. The molecule has 0 aromatic heterocycles. The fourth-order valence-corrected chi connectivity index (χ4v) is 4.15. The first kappa shape index (κ1) is 19.5. The van der Waals surface area contributed by atoms with E-state index in [0.717, 1.165) is 47.4 Å². The van der Waals surface area contributed by atoms with E-state index in [9.17, 15) is 9.90 Å². The van der Waals surface area contributed by atoms with Gasteiger partial charge in [-0.15, -0.1) is 0 Å². The van der Waals surface area contributed by atoms with Gasteiger partial charge in [-0.05, 0) is 70.6 Å². The first-order chi connectivity index (χ1) is 12.6. The average molecular weight is 373 g/mol. The molecule has 148 valence electrons. The second kappa shape index (κ2) is 7.06. The summed E-state index contributed by atoms with van der Waals surface area (Å²) in [7, 11) is 0. The Bertz CT molecular complexity index is 790. The third-order valence-electron chi connectivity index (χ3n) is 6.23. The topological polar surface area (TPSA) is 85.7 Å². The minimum atomic E-state index is -0.921. The lowest BCUT2D eigenvalue weighted by molar-refractivity contribution is -0.138. The van der Waals surface area contributed by atoms with Crippen LogP contribution in [0.15, 0.2) is 0 Å². The Hall–Kier alpha value is -2.24. The van der Waals surface area contributed by atoms with Crippen molar-refractivity contribution in [3.8, 4) is 11.5 Å². The molecule has 2 heterocycles. The number of likely N-dealkylation sites (tertiary alicyclic amines) is 1. The number of phenols is 1. The molecular formula is C21H31N3O3. The van der Waals surface area contributed by atoms with Gasteiger partial charge in [0.15, 0.2) is 5.60 Å². The molecule has 6 heteroatoms. The van der Waals surface area contributed by atoms with Crippen LogP contribution in [0.5, 0.6) is 11.5 Å². The maximum atomic E-state index is 13.1. The highest BCUT2D eigenvalue weighted by Crippen LogP contribution is 2.43. The summed E-state index contributed by atoms with van der Waals surface area (Å²) in [6, 6.07) is 0.0396. The van der Waals surface area contributed by atoms with Gasteiger partial charge in [-0.25, -0.2) is 0 Å². The van der Waals surface area contributed by atoms with Crippen molar-refractivity contribution >= 4 is 11.7 Å². The molecule has 2 atom stereocenters. The number of carbonyl (C=O) groups excluding carboxylic acids is 1. The van der Waals surface area contributed by atoms with Crippen molar-refractivity contribution in [1.82, 2.24) is 10.2 Å². The van der Waals surface area contributed by atoms with E-state index in [0.29, 0.717) is 31.0 Å². The van der Waals surface area contributed by atoms with Crippen molar-refractivity contribution in [1.29, 1.82) is 5.41 Å². The summed E-state index contributed by atoms with van der Waals surface area (Å²) < 4.78 is 6.27. The lowest BCUT2D eigenvalue weighted by atomic mass is 9.86. The van der Waals surface area contributed by atoms with E-state index in [1.165, 1.54) is 0 Å². The van der Waals surface area contributed by atoms with E-state index in [4.69, 9.17) is 10.1 Å². The molecule has 1 saturated heterocycles. The molecule has 2 aliphatic rings. The van der Waals surface area contributed by atoms with Crippen LogP contribution < -0.4 is 10.1 Å². The molecule has 0 aliphatic carbocycles. The van der Waals surface area contributed by atoms with Crippen LogP contribution in [0.3, 0.4) is 0 Å². The Morgan fingerprint density at radius 1 is 1.30 bits per heavy atom. The Morgan fingerprint density at radius 3 is 2.67 bits per heavy atom. The zero-order valence-corrected chi connectivity index (χ0v) is 17.0. The van der Waals surface area contributed by atoms with Crippen molar-refractivity contribution in [2.45, 2.75) is 71.9 Å². The number of hydrogen-bond acceptors (Lipinski definition) is 4. The van der Waals surface area contributed by atoms with E-state index in [-0.39, 0.29) is 11.9 Å². The number of ether oxygens (including phenoxy) is 1. The van der Waals surface area contributed by atoms with Gasteiger partial charge in [0.05, 0.1) is 5.84 Å². The van der Waals surface area contributed by atoms with Gasteiger partial charge in [0, 0.05) is 31.1 Å². The summed E-state index contributed by atoms with van der Waals surface area (Å²) in [4.78, 5) is 15.1. The van der Waals surface area contributed by atoms with Crippen molar-refractivity contribution in [3.63, 3.8) is 0 Å². The van der Waals surface area contributed by atoms with Gasteiger partial charge < -0.3 is 20.1 Å². The number of benzene rings is 1. The first-order valence-corrected chi connectivity index (χ1v) is 9.75.